The maximum atomic E-state index is 6.20. The van der Waals surface area contributed by atoms with Gasteiger partial charge in [-0.3, -0.25) is 9.80 Å². The summed E-state index contributed by atoms with van der Waals surface area (Å²) in [4.78, 5) is 4.89. The van der Waals surface area contributed by atoms with Crippen LogP contribution in [-0.4, -0.2) is 56.3 Å². The Bertz CT molecular complexity index is 701. The van der Waals surface area contributed by atoms with E-state index in [1.54, 1.807) is 13.4 Å². The third-order valence-corrected chi connectivity index (χ3v) is 5.96. The number of fused-ring (bicyclic) bond motifs is 1. The minimum Gasteiger partial charge on any atom is -0.497 e. The Kier molecular flexibility index (Phi) is 5.81. The van der Waals surface area contributed by atoms with E-state index in [1.807, 2.05) is 24.3 Å². The molecule has 4 rings (SSSR count). The van der Waals surface area contributed by atoms with Crippen LogP contribution in [0.1, 0.15) is 17.7 Å². The average Bonchev–Trinajstić information content (AvgIpc) is 3.33. The molecular weight excluding hydrogens is 340 g/mol. The van der Waals surface area contributed by atoms with Gasteiger partial charge in [-0.05, 0) is 55.8 Å². The molecular formula is C22H30N2O3. The number of rotatable bonds is 7. The van der Waals surface area contributed by atoms with Crippen LogP contribution in [0.15, 0.2) is 47.1 Å². The molecule has 5 nitrogen and oxygen atoms in total. The Hall–Kier alpha value is -1.82. The maximum Gasteiger partial charge on any atom is 0.118 e. The SMILES string of the molecule is COc1ccc(CN2CC[C@@H]3CO[C@@H](CN(C)Cc4ccco4)[C@@H]3C2)cc1. The van der Waals surface area contributed by atoms with Gasteiger partial charge in [-0.1, -0.05) is 12.1 Å². The fourth-order valence-corrected chi connectivity index (χ4v) is 4.46. The Morgan fingerprint density at radius 2 is 2.07 bits per heavy atom. The second kappa shape index (κ2) is 8.46. The van der Waals surface area contributed by atoms with E-state index in [2.05, 4.69) is 29.0 Å². The van der Waals surface area contributed by atoms with Crippen LogP contribution in [0.4, 0.5) is 0 Å². The predicted molar refractivity (Wildman–Crippen MR) is 105 cm³/mol. The number of methoxy groups -OCH3 is 1. The zero-order valence-corrected chi connectivity index (χ0v) is 16.3. The van der Waals surface area contributed by atoms with Crippen LogP contribution >= 0.6 is 0 Å². The Labute approximate surface area is 161 Å². The van der Waals surface area contributed by atoms with Crippen molar-refractivity contribution < 1.29 is 13.9 Å². The lowest BCUT2D eigenvalue weighted by Crippen LogP contribution is -2.44. The Morgan fingerprint density at radius 3 is 2.81 bits per heavy atom. The molecule has 0 N–H and O–H groups in total. The largest absolute Gasteiger partial charge is 0.497 e. The number of furan rings is 1. The molecule has 0 aliphatic carbocycles. The lowest BCUT2D eigenvalue weighted by atomic mass is 9.84. The minimum atomic E-state index is 0.314. The first kappa shape index (κ1) is 18.5. The summed E-state index contributed by atoms with van der Waals surface area (Å²) in [5, 5.41) is 0. The summed E-state index contributed by atoms with van der Waals surface area (Å²) in [5.74, 6) is 3.26. The van der Waals surface area contributed by atoms with Gasteiger partial charge in [0, 0.05) is 25.6 Å². The van der Waals surface area contributed by atoms with E-state index in [1.165, 1.54) is 12.0 Å². The molecule has 0 amide bonds. The van der Waals surface area contributed by atoms with Crippen molar-refractivity contribution in [2.45, 2.75) is 25.6 Å². The fraction of sp³-hybridized carbons (Fsp3) is 0.545. The van der Waals surface area contributed by atoms with Crippen molar-refractivity contribution in [3.8, 4) is 5.75 Å². The van der Waals surface area contributed by atoms with Crippen molar-refractivity contribution in [3.63, 3.8) is 0 Å². The van der Waals surface area contributed by atoms with E-state index >= 15 is 0 Å². The van der Waals surface area contributed by atoms with Crippen molar-refractivity contribution in [1.82, 2.24) is 9.80 Å². The molecule has 5 heteroatoms. The van der Waals surface area contributed by atoms with E-state index in [9.17, 15) is 0 Å². The number of nitrogens with zero attached hydrogens (tertiary/aromatic N) is 2. The van der Waals surface area contributed by atoms with Crippen LogP contribution < -0.4 is 4.74 Å². The number of ether oxygens (including phenoxy) is 2. The molecule has 0 unspecified atom stereocenters. The Balaban J connectivity index is 1.32. The summed E-state index contributed by atoms with van der Waals surface area (Å²) in [6.07, 6.45) is 3.29. The van der Waals surface area contributed by atoms with Crippen LogP contribution in [0, 0.1) is 11.8 Å². The van der Waals surface area contributed by atoms with Crippen LogP contribution in [0.25, 0.3) is 0 Å². The summed E-state index contributed by atoms with van der Waals surface area (Å²) in [6, 6.07) is 12.4. The topological polar surface area (TPSA) is 38.1 Å². The van der Waals surface area contributed by atoms with Crippen LogP contribution in [-0.2, 0) is 17.8 Å². The standard InChI is InChI=1S/C22H30N2O3/c1-23(13-20-4-3-11-26-20)15-22-21-14-24(10-9-18(21)16-27-22)12-17-5-7-19(25-2)8-6-17/h3-8,11,18,21-22H,9-10,12-16H2,1-2H3/t18-,21-,22+/m1/s1. The number of hydrogen-bond donors (Lipinski definition) is 0. The molecule has 1 aromatic carbocycles. The third kappa shape index (κ3) is 4.54. The summed E-state index contributed by atoms with van der Waals surface area (Å²) in [6.45, 7) is 5.99. The zero-order valence-electron chi connectivity index (χ0n) is 16.3. The van der Waals surface area contributed by atoms with E-state index in [-0.39, 0.29) is 0 Å². The van der Waals surface area contributed by atoms with Gasteiger partial charge in [0.2, 0.25) is 0 Å². The van der Waals surface area contributed by atoms with Gasteiger partial charge >= 0.3 is 0 Å². The van der Waals surface area contributed by atoms with Gasteiger partial charge in [0.1, 0.15) is 11.5 Å². The molecule has 0 bridgehead atoms. The molecule has 0 radical (unpaired) electrons. The van der Waals surface area contributed by atoms with Crippen LogP contribution in [0.5, 0.6) is 5.75 Å². The quantitative estimate of drug-likeness (QED) is 0.748. The predicted octanol–water partition coefficient (Wildman–Crippen LogP) is 3.26. The van der Waals surface area contributed by atoms with Crippen molar-refractivity contribution in [2.24, 2.45) is 11.8 Å². The molecule has 2 aliphatic heterocycles. The second-order valence-corrected chi connectivity index (χ2v) is 7.94. The molecule has 2 fully saturated rings. The summed E-state index contributed by atoms with van der Waals surface area (Å²) in [5.41, 5.74) is 1.35. The molecule has 146 valence electrons. The highest BCUT2D eigenvalue weighted by Crippen LogP contribution is 2.35. The van der Waals surface area contributed by atoms with Crippen molar-refractivity contribution in [2.75, 3.05) is 40.4 Å². The molecule has 0 saturated carbocycles. The van der Waals surface area contributed by atoms with E-state index < -0.39 is 0 Å². The first-order valence-corrected chi connectivity index (χ1v) is 9.89. The first-order chi connectivity index (χ1) is 13.2. The van der Waals surface area contributed by atoms with E-state index in [4.69, 9.17) is 13.9 Å². The van der Waals surface area contributed by atoms with Crippen molar-refractivity contribution in [3.05, 3.63) is 54.0 Å². The zero-order chi connectivity index (χ0) is 18.6. The van der Waals surface area contributed by atoms with E-state index in [0.29, 0.717) is 17.9 Å². The highest BCUT2D eigenvalue weighted by molar-refractivity contribution is 5.27. The van der Waals surface area contributed by atoms with E-state index in [0.717, 1.165) is 50.8 Å². The van der Waals surface area contributed by atoms with Crippen molar-refractivity contribution in [1.29, 1.82) is 0 Å². The van der Waals surface area contributed by atoms with Crippen LogP contribution in [0.2, 0.25) is 0 Å². The summed E-state index contributed by atoms with van der Waals surface area (Å²) in [7, 11) is 3.86. The molecule has 2 aromatic rings. The van der Waals surface area contributed by atoms with Gasteiger partial charge in [-0.15, -0.1) is 0 Å². The highest BCUT2D eigenvalue weighted by atomic mass is 16.5. The molecule has 2 saturated heterocycles. The number of hydrogen-bond acceptors (Lipinski definition) is 5. The normalized spacial score (nSPS) is 25.7. The molecule has 3 atom stereocenters. The summed E-state index contributed by atoms with van der Waals surface area (Å²) >= 11 is 0. The maximum absolute atomic E-state index is 6.20. The monoisotopic (exact) mass is 370 g/mol. The number of benzene rings is 1. The highest BCUT2D eigenvalue weighted by Gasteiger charge is 2.41. The fourth-order valence-electron chi connectivity index (χ4n) is 4.46. The van der Waals surface area contributed by atoms with Gasteiger partial charge in [-0.2, -0.15) is 0 Å². The lowest BCUT2D eigenvalue weighted by Gasteiger charge is -2.36. The van der Waals surface area contributed by atoms with Gasteiger partial charge in [-0.25, -0.2) is 0 Å². The van der Waals surface area contributed by atoms with Crippen molar-refractivity contribution >= 4 is 0 Å². The summed E-state index contributed by atoms with van der Waals surface area (Å²) < 4.78 is 16.9. The number of piperidine rings is 1. The van der Waals surface area contributed by atoms with Gasteiger partial charge in [0.15, 0.2) is 0 Å². The molecule has 27 heavy (non-hydrogen) atoms. The smallest absolute Gasteiger partial charge is 0.118 e. The first-order valence-electron chi connectivity index (χ1n) is 9.89. The molecule has 3 heterocycles. The molecule has 1 aromatic heterocycles. The Morgan fingerprint density at radius 1 is 1.22 bits per heavy atom. The van der Waals surface area contributed by atoms with Gasteiger partial charge in [0.25, 0.3) is 0 Å². The number of likely N-dealkylation sites (tertiary alicyclic amines) is 1. The molecule has 2 aliphatic rings. The van der Waals surface area contributed by atoms with Crippen LogP contribution in [0.3, 0.4) is 0 Å². The third-order valence-electron chi connectivity index (χ3n) is 5.96. The lowest BCUT2D eigenvalue weighted by molar-refractivity contribution is 0.0459. The number of likely N-dealkylation sites (N-methyl/N-ethyl adjacent to an activating group) is 1. The second-order valence-electron chi connectivity index (χ2n) is 7.94. The average molecular weight is 370 g/mol. The van der Waals surface area contributed by atoms with Gasteiger partial charge in [0.05, 0.1) is 32.6 Å². The minimum absolute atomic E-state index is 0.314. The van der Waals surface area contributed by atoms with Gasteiger partial charge < -0.3 is 13.9 Å². The molecule has 0 spiro atoms.